The van der Waals surface area contributed by atoms with Crippen molar-refractivity contribution in [2.45, 2.75) is 38.6 Å². The largest absolute Gasteiger partial charge is 0.325 e. The molecule has 4 aromatic rings. The third-order valence-electron chi connectivity index (χ3n) is 4.59. The van der Waals surface area contributed by atoms with Crippen molar-refractivity contribution >= 4 is 40.0 Å². The van der Waals surface area contributed by atoms with Crippen molar-refractivity contribution in [3.05, 3.63) is 59.4 Å². The van der Waals surface area contributed by atoms with Gasteiger partial charge in [0.1, 0.15) is 10.9 Å². The van der Waals surface area contributed by atoms with Gasteiger partial charge in [-0.1, -0.05) is 43.8 Å². The van der Waals surface area contributed by atoms with Gasteiger partial charge in [-0.2, -0.15) is 0 Å². The summed E-state index contributed by atoms with van der Waals surface area (Å²) in [6.45, 7) is 8.22. The number of hydrogen-bond donors (Lipinski definition) is 1. The number of anilines is 1. The lowest BCUT2D eigenvalue weighted by atomic mass is 10.1. The second kappa shape index (κ2) is 7.83. The van der Waals surface area contributed by atoms with Crippen LogP contribution in [-0.4, -0.2) is 31.2 Å². The minimum absolute atomic E-state index is 0.0725. The van der Waals surface area contributed by atoms with E-state index in [-0.39, 0.29) is 17.6 Å². The van der Waals surface area contributed by atoms with Crippen LogP contribution in [0.25, 0.3) is 16.7 Å². The first-order valence-corrected chi connectivity index (χ1v) is 10.6. The highest BCUT2D eigenvalue weighted by molar-refractivity contribution is 8.00. The highest BCUT2D eigenvalue weighted by atomic mass is 32.2. The highest BCUT2D eigenvalue weighted by Gasteiger charge is 2.18. The minimum atomic E-state index is -0.0725. The molecular formula is C22H23N5OS. The molecule has 0 bridgehead atoms. The molecule has 2 aromatic carbocycles. The summed E-state index contributed by atoms with van der Waals surface area (Å²) in [5.74, 6) is 1.29. The van der Waals surface area contributed by atoms with E-state index in [9.17, 15) is 4.79 Å². The van der Waals surface area contributed by atoms with Crippen molar-refractivity contribution in [2.75, 3.05) is 11.1 Å². The number of aromatic nitrogens is 4. The van der Waals surface area contributed by atoms with Gasteiger partial charge in [0.25, 0.3) is 0 Å². The van der Waals surface area contributed by atoms with Crippen LogP contribution in [0.15, 0.2) is 47.5 Å². The zero-order chi connectivity index (χ0) is 20.5. The second-order valence-corrected chi connectivity index (χ2v) is 8.45. The van der Waals surface area contributed by atoms with Crippen molar-refractivity contribution in [3.63, 3.8) is 0 Å². The number of benzene rings is 2. The first-order valence-electron chi connectivity index (χ1n) is 9.57. The molecule has 6 nitrogen and oxygen atoms in total. The molecule has 0 saturated carbocycles. The Morgan fingerprint density at radius 3 is 2.55 bits per heavy atom. The average Bonchev–Trinajstić information content (AvgIpc) is 3.11. The van der Waals surface area contributed by atoms with Crippen LogP contribution < -0.4 is 5.32 Å². The maximum Gasteiger partial charge on any atom is 0.234 e. The zero-order valence-corrected chi connectivity index (χ0v) is 17.7. The average molecular weight is 406 g/mol. The van der Waals surface area contributed by atoms with Crippen molar-refractivity contribution in [3.8, 4) is 0 Å². The minimum Gasteiger partial charge on any atom is -0.325 e. The standard InChI is InChI=1S/C22H23N5OS/c1-13(2)20-25-26-21-22(24-17-7-5-6-8-18(17)27(20)21)29-12-19(28)23-16-10-14(3)9-15(4)11-16/h5-11,13H,12H2,1-4H3,(H,23,28). The van der Waals surface area contributed by atoms with Gasteiger partial charge in [-0.25, -0.2) is 4.98 Å². The van der Waals surface area contributed by atoms with Gasteiger partial charge in [0.2, 0.25) is 5.91 Å². The summed E-state index contributed by atoms with van der Waals surface area (Å²) in [6.07, 6.45) is 0. The molecule has 148 valence electrons. The molecule has 0 saturated heterocycles. The van der Waals surface area contributed by atoms with E-state index in [0.717, 1.165) is 33.7 Å². The van der Waals surface area contributed by atoms with E-state index in [2.05, 4.69) is 39.8 Å². The van der Waals surface area contributed by atoms with Gasteiger partial charge in [0, 0.05) is 11.6 Å². The smallest absolute Gasteiger partial charge is 0.234 e. The van der Waals surface area contributed by atoms with E-state index in [1.54, 1.807) is 0 Å². The van der Waals surface area contributed by atoms with Gasteiger partial charge in [-0.3, -0.25) is 9.20 Å². The van der Waals surface area contributed by atoms with Crippen LogP contribution in [-0.2, 0) is 4.79 Å². The molecule has 0 radical (unpaired) electrons. The summed E-state index contributed by atoms with van der Waals surface area (Å²) in [7, 11) is 0. The number of hydrogen-bond acceptors (Lipinski definition) is 5. The number of thioether (sulfide) groups is 1. The van der Waals surface area contributed by atoms with Crippen molar-refractivity contribution in [2.24, 2.45) is 0 Å². The molecule has 4 rings (SSSR count). The third kappa shape index (κ3) is 3.96. The van der Waals surface area contributed by atoms with Gasteiger partial charge in [-0.05, 0) is 49.2 Å². The number of para-hydroxylation sites is 2. The maximum absolute atomic E-state index is 12.5. The molecule has 1 amide bonds. The number of nitrogens with one attached hydrogen (secondary N) is 1. The summed E-state index contributed by atoms with van der Waals surface area (Å²) >= 11 is 1.38. The Balaban J connectivity index is 1.62. The fraction of sp³-hybridized carbons (Fsp3) is 0.273. The second-order valence-electron chi connectivity index (χ2n) is 7.49. The van der Waals surface area contributed by atoms with E-state index >= 15 is 0 Å². The quantitative estimate of drug-likeness (QED) is 0.485. The molecule has 2 aromatic heterocycles. The topological polar surface area (TPSA) is 72.2 Å². The molecule has 0 atom stereocenters. The van der Waals surface area contributed by atoms with E-state index < -0.39 is 0 Å². The van der Waals surface area contributed by atoms with E-state index in [4.69, 9.17) is 4.98 Å². The molecule has 0 aliphatic carbocycles. The normalized spacial score (nSPS) is 11.5. The molecule has 0 spiro atoms. The van der Waals surface area contributed by atoms with Crippen LogP contribution in [0.4, 0.5) is 5.69 Å². The molecule has 29 heavy (non-hydrogen) atoms. The van der Waals surface area contributed by atoms with E-state index in [0.29, 0.717) is 10.7 Å². The summed E-state index contributed by atoms with van der Waals surface area (Å²) in [6, 6.07) is 14.0. The van der Waals surface area contributed by atoms with Crippen LogP contribution in [0, 0.1) is 13.8 Å². The van der Waals surface area contributed by atoms with Crippen LogP contribution in [0.3, 0.4) is 0 Å². The molecule has 0 fully saturated rings. The zero-order valence-electron chi connectivity index (χ0n) is 16.9. The fourth-order valence-corrected chi connectivity index (χ4v) is 4.19. The van der Waals surface area contributed by atoms with Crippen LogP contribution in [0.5, 0.6) is 0 Å². The Bertz CT molecular complexity index is 1190. The van der Waals surface area contributed by atoms with Crippen molar-refractivity contribution in [1.82, 2.24) is 19.6 Å². The van der Waals surface area contributed by atoms with E-state index in [1.807, 2.05) is 50.2 Å². The van der Waals surface area contributed by atoms with Gasteiger partial charge < -0.3 is 5.32 Å². The van der Waals surface area contributed by atoms with Crippen molar-refractivity contribution < 1.29 is 4.79 Å². The predicted octanol–water partition coefficient (Wildman–Crippen LogP) is 4.75. The number of amides is 1. The first kappa shape index (κ1) is 19.4. The fourth-order valence-electron chi connectivity index (χ4n) is 3.43. The molecule has 0 unspecified atom stereocenters. The van der Waals surface area contributed by atoms with Gasteiger partial charge in [0.15, 0.2) is 5.65 Å². The summed E-state index contributed by atoms with van der Waals surface area (Å²) < 4.78 is 2.05. The number of nitrogens with zero attached hydrogens (tertiary/aromatic N) is 4. The predicted molar refractivity (Wildman–Crippen MR) is 118 cm³/mol. The summed E-state index contributed by atoms with van der Waals surface area (Å²) in [4.78, 5) is 17.3. The first-order chi connectivity index (χ1) is 13.9. The monoisotopic (exact) mass is 405 g/mol. The Labute approximate surface area is 173 Å². The highest BCUT2D eigenvalue weighted by Crippen LogP contribution is 2.28. The number of carbonyl (C=O) groups is 1. The van der Waals surface area contributed by atoms with E-state index in [1.165, 1.54) is 11.8 Å². The Morgan fingerprint density at radius 2 is 1.83 bits per heavy atom. The van der Waals surface area contributed by atoms with Gasteiger partial charge in [0.05, 0.1) is 16.8 Å². The van der Waals surface area contributed by atoms with Crippen LogP contribution >= 0.6 is 11.8 Å². The molecule has 2 heterocycles. The summed E-state index contributed by atoms with van der Waals surface area (Å²) in [5.41, 5.74) is 5.58. The van der Waals surface area contributed by atoms with Crippen LogP contribution in [0.1, 0.15) is 36.7 Å². The Morgan fingerprint density at radius 1 is 1.10 bits per heavy atom. The lowest BCUT2D eigenvalue weighted by Gasteiger charge is -2.10. The SMILES string of the molecule is Cc1cc(C)cc(NC(=O)CSc2nc3ccccc3n3c(C(C)C)nnc23)c1. The number of carbonyl (C=O) groups excluding carboxylic acids is 1. The van der Waals surface area contributed by atoms with Gasteiger partial charge in [-0.15, -0.1) is 10.2 Å². The molecule has 7 heteroatoms. The van der Waals surface area contributed by atoms with Crippen molar-refractivity contribution in [1.29, 1.82) is 0 Å². The molecule has 1 N–H and O–H groups in total. The third-order valence-corrected chi connectivity index (χ3v) is 5.54. The summed E-state index contributed by atoms with van der Waals surface area (Å²) in [5, 5.41) is 12.4. The number of aryl methyl sites for hydroxylation is 2. The number of rotatable bonds is 5. The lowest BCUT2D eigenvalue weighted by Crippen LogP contribution is -2.14. The Kier molecular flexibility index (Phi) is 5.24. The van der Waals surface area contributed by atoms with Gasteiger partial charge >= 0.3 is 0 Å². The lowest BCUT2D eigenvalue weighted by molar-refractivity contribution is -0.113. The maximum atomic E-state index is 12.5. The molecule has 0 aliphatic heterocycles. The Hall–Kier alpha value is -2.93. The molecule has 0 aliphatic rings. The number of fused-ring (bicyclic) bond motifs is 3. The molecular weight excluding hydrogens is 382 g/mol. The van der Waals surface area contributed by atoms with Crippen LogP contribution in [0.2, 0.25) is 0 Å².